The highest BCUT2D eigenvalue weighted by Crippen LogP contribution is 2.36. The standard InChI is InChI=1S/C13H16N2O5/c1-9-3-4-10(11(5-9)15(18)19)14-7-13(2,8-14)20-6-12(16)17/h3-5H,6-8H2,1-2H3,(H,16,17). The van der Waals surface area contributed by atoms with Gasteiger partial charge in [0.05, 0.1) is 4.92 Å². The SMILES string of the molecule is Cc1ccc(N2CC(C)(OCC(=O)O)C2)c([N+](=O)[O-])c1. The van der Waals surface area contributed by atoms with E-state index in [0.717, 1.165) is 5.56 Å². The summed E-state index contributed by atoms with van der Waals surface area (Å²) in [6.45, 7) is 4.11. The smallest absolute Gasteiger partial charge is 0.329 e. The lowest BCUT2D eigenvalue weighted by molar-refractivity contribution is -0.384. The molecule has 0 bridgehead atoms. The summed E-state index contributed by atoms with van der Waals surface area (Å²) in [5.41, 5.74) is 0.852. The van der Waals surface area contributed by atoms with Gasteiger partial charge in [0.1, 0.15) is 17.9 Å². The van der Waals surface area contributed by atoms with Crippen LogP contribution >= 0.6 is 0 Å². The fourth-order valence-corrected chi connectivity index (χ4v) is 2.31. The van der Waals surface area contributed by atoms with E-state index in [9.17, 15) is 14.9 Å². The predicted octanol–water partition coefficient (Wildman–Crippen LogP) is 1.58. The van der Waals surface area contributed by atoms with Crippen molar-refractivity contribution in [2.45, 2.75) is 19.4 Å². The zero-order valence-electron chi connectivity index (χ0n) is 11.3. The van der Waals surface area contributed by atoms with Crippen LogP contribution in [0.5, 0.6) is 0 Å². The number of nitrogens with zero attached hydrogens (tertiary/aromatic N) is 2. The van der Waals surface area contributed by atoms with Gasteiger partial charge in [0, 0.05) is 19.2 Å². The molecule has 0 spiro atoms. The van der Waals surface area contributed by atoms with E-state index in [1.54, 1.807) is 19.9 Å². The number of carboxylic acid groups (broad SMARTS) is 1. The second-order valence-corrected chi connectivity index (χ2v) is 5.24. The molecule has 7 nitrogen and oxygen atoms in total. The number of aliphatic carboxylic acids is 1. The van der Waals surface area contributed by atoms with Gasteiger partial charge in [0.25, 0.3) is 5.69 Å². The van der Waals surface area contributed by atoms with Crippen molar-refractivity contribution >= 4 is 17.3 Å². The summed E-state index contributed by atoms with van der Waals surface area (Å²) in [5, 5.41) is 19.7. The molecule has 1 heterocycles. The molecular formula is C13H16N2O5. The van der Waals surface area contributed by atoms with E-state index >= 15 is 0 Å². The summed E-state index contributed by atoms with van der Waals surface area (Å²) in [4.78, 5) is 23.0. The second-order valence-electron chi connectivity index (χ2n) is 5.24. The number of nitro groups is 1. The maximum atomic E-state index is 11.1. The van der Waals surface area contributed by atoms with Gasteiger partial charge >= 0.3 is 5.97 Å². The van der Waals surface area contributed by atoms with Crippen LogP contribution in [0.25, 0.3) is 0 Å². The van der Waals surface area contributed by atoms with Crippen LogP contribution in [-0.2, 0) is 9.53 Å². The van der Waals surface area contributed by atoms with Gasteiger partial charge in [-0.05, 0) is 25.5 Å². The van der Waals surface area contributed by atoms with E-state index in [4.69, 9.17) is 9.84 Å². The van der Waals surface area contributed by atoms with Gasteiger partial charge < -0.3 is 14.7 Å². The Morgan fingerprint density at radius 1 is 1.55 bits per heavy atom. The monoisotopic (exact) mass is 280 g/mol. The number of anilines is 1. The molecule has 1 aliphatic heterocycles. The average Bonchev–Trinajstić information content (AvgIpc) is 2.33. The summed E-state index contributed by atoms with van der Waals surface area (Å²) < 4.78 is 5.29. The van der Waals surface area contributed by atoms with Gasteiger partial charge in [0.2, 0.25) is 0 Å². The fraction of sp³-hybridized carbons (Fsp3) is 0.462. The lowest BCUT2D eigenvalue weighted by Gasteiger charge is -2.48. The van der Waals surface area contributed by atoms with Crippen molar-refractivity contribution in [1.29, 1.82) is 0 Å². The lowest BCUT2D eigenvalue weighted by atomic mass is 9.95. The first-order valence-electron chi connectivity index (χ1n) is 6.16. The molecule has 20 heavy (non-hydrogen) atoms. The molecule has 0 radical (unpaired) electrons. The van der Waals surface area contributed by atoms with Crippen molar-refractivity contribution in [2.75, 3.05) is 24.6 Å². The van der Waals surface area contributed by atoms with Crippen molar-refractivity contribution in [3.63, 3.8) is 0 Å². The van der Waals surface area contributed by atoms with Crippen molar-refractivity contribution in [3.05, 3.63) is 33.9 Å². The maximum Gasteiger partial charge on any atom is 0.329 e. The normalized spacial score (nSPS) is 16.6. The molecule has 1 fully saturated rings. The van der Waals surface area contributed by atoms with Crippen LogP contribution in [0.1, 0.15) is 12.5 Å². The zero-order chi connectivity index (χ0) is 14.9. The molecular weight excluding hydrogens is 264 g/mol. The van der Waals surface area contributed by atoms with E-state index in [2.05, 4.69) is 0 Å². The topological polar surface area (TPSA) is 92.9 Å². The minimum Gasteiger partial charge on any atom is -0.480 e. The first-order valence-corrected chi connectivity index (χ1v) is 6.16. The van der Waals surface area contributed by atoms with Crippen LogP contribution in [-0.4, -0.2) is 41.3 Å². The summed E-state index contributed by atoms with van der Waals surface area (Å²) in [7, 11) is 0. The third-order valence-electron chi connectivity index (χ3n) is 3.26. The Kier molecular flexibility index (Phi) is 3.63. The van der Waals surface area contributed by atoms with E-state index < -0.39 is 16.5 Å². The van der Waals surface area contributed by atoms with Gasteiger partial charge in [0.15, 0.2) is 0 Å². The van der Waals surface area contributed by atoms with E-state index in [1.807, 2.05) is 11.0 Å². The Morgan fingerprint density at radius 3 is 2.75 bits per heavy atom. The number of hydrogen-bond donors (Lipinski definition) is 1. The number of aryl methyl sites for hydroxylation is 1. The Morgan fingerprint density at radius 2 is 2.20 bits per heavy atom. The number of carboxylic acids is 1. The van der Waals surface area contributed by atoms with Crippen LogP contribution in [0.3, 0.4) is 0 Å². The first kappa shape index (κ1) is 14.3. The number of benzene rings is 1. The summed E-state index contributed by atoms with van der Waals surface area (Å²) >= 11 is 0. The van der Waals surface area contributed by atoms with Crippen LogP contribution in [0.4, 0.5) is 11.4 Å². The molecule has 1 aliphatic rings. The molecule has 0 unspecified atom stereocenters. The number of nitro benzene ring substituents is 1. The molecule has 1 N–H and O–H groups in total. The second kappa shape index (κ2) is 5.09. The molecule has 1 saturated heterocycles. The zero-order valence-corrected chi connectivity index (χ0v) is 11.3. The Labute approximate surface area is 115 Å². The molecule has 0 aromatic heterocycles. The highest BCUT2D eigenvalue weighted by molar-refractivity contribution is 5.68. The molecule has 108 valence electrons. The van der Waals surface area contributed by atoms with Crippen LogP contribution < -0.4 is 4.90 Å². The van der Waals surface area contributed by atoms with Crippen molar-refractivity contribution in [1.82, 2.24) is 0 Å². The minimum atomic E-state index is -1.02. The third kappa shape index (κ3) is 2.88. The number of hydrogen-bond acceptors (Lipinski definition) is 5. The fourth-order valence-electron chi connectivity index (χ4n) is 2.31. The quantitative estimate of drug-likeness (QED) is 0.650. The van der Waals surface area contributed by atoms with E-state index in [-0.39, 0.29) is 12.3 Å². The Hall–Kier alpha value is -2.15. The first-order chi connectivity index (χ1) is 9.31. The highest BCUT2D eigenvalue weighted by Gasteiger charge is 2.42. The molecule has 7 heteroatoms. The maximum absolute atomic E-state index is 11.1. The Balaban J connectivity index is 2.09. The average molecular weight is 280 g/mol. The van der Waals surface area contributed by atoms with Crippen molar-refractivity contribution < 1.29 is 19.6 Å². The van der Waals surface area contributed by atoms with Crippen LogP contribution in [0.15, 0.2) is 18.2 Å². The largest absolute Gasteiger partial charge is 0.480 e. The lowest BCUT2D eigenvalue weighted by Crippen LogP contribution is -2.62. The summed E-state index contributed by atoms with van der Waals surface area (Å²) in [6, 6.07) is 5.06. The van der Waals surface area contributed by atoms with Gasteiger partial charge in [-0.15, -0.1) is 0 Å². The van der Waals surface area contributed by atoms with Gasteiger partial charge in [-0.1, -0.05) is 6.07 Å². The molecule has 0 saturated carbocycles. The van der Waals surface area contributed by atoms with E-state index in [1.165, 1.54) is 6.07 Å². The summed E-state index contributed by atoms with van der Waals surface area (Å²) in [6.07, 6.45) is 0. The van der Waals surface area contributed by atoms with E-state index in [0.29, 0.717) is 18.8 Å². The highest BCUT2D eigenvalue weighted by atomic mass is 16.6. The minimum absolute atomic E-state index is 0.0604. The van der Waals surface area contributed by atoms with Crippen molar-refractivity contribution in [2.24, 2.45) is 0 Å². The number of carbonyl (C=O) groups is 1. The van der Waals surface area contributed by atoms with Gasteiger partial charge in [-0.25, -0.2) is 4.79 Å². The predicted molar refractivity (Wildman–Crippen MR) is 72.0 cm³/mol. The van der Waals surface area contributed by atoms with Crippen LogP contribution in [0.2, 0.25) is 0 Å². The third-order valence-corrected chi connectivity index (χ3v) is 3.26. The number of ether oxygens (including phenoxy) is 1. The molecule has 2 rings (SSSR count). The van der Waals surface area contributed by atoms with Gasteiger partial charge in [-0.2, -0.15) is 0 Å². The molecule has 1 aromatic rings. The molecule has 1 aromatic carbocycles. The molecule has 0 atom stereocenters. The van der Waals surface area contributed by atoms with Crippen molar-refractivity contribution in [3.8, 4) is 0 Å². The molecule has 0 aliphatic carbocycles. The van der Waals surface area contributed by atoms with Gasteiger partial charge in [-0.3, -0.25) is 10.1 Å². The molecule has 0 amide bonds. The Bertz CT molecular complexity index is 552. The number of rotatable bonds is 5. The summed E-state index contributed by atoms with van der Waals surface area (Å²) in [5.74, 6) is -1.02. The van der Waals surface area contributed by atoms with Crippen LogP contribution in [0, 0.1) is 17.0 Å².